The van der Waals surface area contributed by atoms with E-state index in [4.69, 9.17) is 5.73 Å². The summed E-state index contributed by atoms with van der Waals surface area (Å²) in [6, 6.07) is 0.654. The van der Waals surface area contributed by atoms with Gasteiger partial charge in [-0.25, -0.2) is 0 Å². The highest BCUT2D eigenvalue weighted by atomic mass is 15.2. The van der Waals surface area contributed by atoms with E-state index in [2.05, 4.69) is 32.7 Å². The Kier molecular flexibility index (Phi) is 4.94. The molecule has 0 bridgehead atoms. The lowest BCUT2D eigenvalue weighted by Crippen LogP contribution is -2.57. The third-order valence-electron chi connectivity index (χ3n) is 5.75. The summed E-state index contributed by atoms with van der Waals surface area (Å²) in [5, 5.41) is 0. The van der Waals surface area contributed by atoms with Gasteiger partial charge in [-0.05, 0) is 63.8 Å². The molecule has 2 heteroatoms. The van der Waals surface area contributed by atoms with E-state index >= 15 is 0 Å². The Morgan fingerprint density at radius 1 is 1.16 bits per heavy atom. The second-order valence-corrected chi connectivity index (χ2v) is 7.71. The number of likely N-dealkylation sites (N-methyl/N-ethyl adjacent to an activating group) is 1. The van der Waals surface area contributed by atoms with E-state index in [-0.39, 0.29) is 0 Å². The molecule has 3 unspecified atom stereocenters. The quantitative estimate of drug-likeness (QED) is 0.795. The van der Waals surface area contributed by atoms with Crippen LogP contribution in [0.1, 0.15) is 65.7 Å². The van der Waals surface area contributed by atoms with E-state index in [0.29, 0.717) is 11.6 Å². The minimum Gasteiger partial charge on any atom is -0.329 e. The first-order valence-corrected chi connectivity index (χ1v) is 8.41. The van der Waals surface area contributed by atoms with Crippen LogP contribution in [0.15, 0.2) is 0 Å². The highest BCUT2D eigenvalue weighted by Crippen LogP contribution is 2.48. The largest absolute Gasteiger partial charge is 0.329 e. The maximum absolute atomic E-state index is 6.25. The van der Waals surface area contributed by atoms with Gasteiger partial charge in [0.2, 0.25) is 0 Å². The number of hydrogen-bond acceptors (Lipinski definition) is 2. The Labute approximate surface area is 120 Å². The number of rotatable bonds is 6. The van der Waals surface area contributed by atoms with Crippen molar-refractivity contribution in [1.29, 1.82) is 0 Å². The third-order valence-corrected chi connectivity index (χ3v) is 5.75. The molecule has 2 N–H and O–H groups in total. The van der Waals surface area contributed by atoms with Gasteiger partial charge in [-0.1, -0.05) is 26.7 Å². The standard InChI is InChI=1S/C17H34N2/c1-13(2)10-14(3)19(4)17(12-18)9-5-6-16(11-17)15-7-8-15/h13-16H,5-12,18H2,1-4H3. The second kappa shape index (κ2) is 6.13. The highest BCUT2D eigenvalue weighted by molar-refractivity contribution is 5.00. The van der Waals surface area contributed by atoms with Crippen LogP contribution in [0, 0.1) is 17.8 Å². The summed E-state index contributed by atoms with van der Waals surface area (Å²) < 4.78 is 0. The van der Waals surface area contributed by atoms with Crippen LogP contribution < -0.4 is 5.73 Å². The molecule has 0 aliphatic heterocycles. The summed E-state index contributed by atoms with van der Waals surface area (Å²) in [7, 11) is 2.33. The average molecular weight is 266 g/mol. The lowest BCUT2D eigenvalue weighted by atomic mass is 9.72. The average Bonchev–Trinajstić information content (AvgIpc) is 3.21. The molecule has 112 valence electrons. The van der Waals surface area contributed by atoms with Crippen molar-refractivity contribution in [3.63, 3.8) is 0 Å². The Morgan fingerprint density at radius 3 is 2.37 bits per heavy atom. The van der Waals surface area contributed by atoms with Gasteiger partial charge in [0, 0.05) is 18.1 Å². The van der Waals surface area contributed by atoms with Gasteiger partial charge in [-0.2, -0.15) is 0 Å². The molecule has 0 aromatic rings. The monoisotopic (exact) mass is 266 g/mol. The number of hydrogen-bond donors (Lipinski definition) is 1. The zero-order valence-corrected chi connectivity index (χ0v) is 13.5. The molecule has 0 saturated heterocycles. The molecule has 3 atom stereocenters. The van der Waals surface area contributed by atoms with Gasteiger partial charge >= 0.3 is 0 Å². The molecule has 19 heavy (non-hydrogen) atoms. The predicted molar refractivity (Wildman–Crippen MR) is 83.1 cm³/mol. The van der Waals surface area contributed by atoms with Crippen LogP contribution in [0.5, 0.6) is 0 Å². The van der Waals surface area contributed by atoms with Gasteiger partial charge in [-0.15, -0.1) is 0 Å². The van der Waals surface area contributed by atoms with E-state index in [1.54, 1.807) is 0 Å². The van der Waals surface area contributed by atoms with Gasteiger partial charge in [0.25, 0.3) is 0 Å². The van der Waals surface area contributed by atoms with Crippen LogP contribution in [-0.4, -0.2) is 30.1 Å². The minimum atomic E-state index is 0.291. The van der Waals surface area contributed by atoms with Crippen LogP contribution in [-0.2, 0) is 0 Å². The van der Waals surface area contributed by atoms with Gasteiger partial charge in [0.15, 0.2) is 0 Å². The third kappa shape index (κ3) is 3.52. The summed E-state index contributed by atoms with van der Waals surface area (Å²) in [5.41, 5.74) is 6.54. The molecular formula is C17H34N2. The summed E-state index contributed by atoms with van der Waals surface area (Å²) in [5.74, 6) is 2.78. The van der Waals surface area contributed by atoms with Crippen molar-refractivity contribution >= 4 is 0 Å². The Morgan fingerprint density at radius 2 is 1.84 bits per heavy atom. The van der Waals surface area contributed by atoms with Gasteiger partial charge < -0.3 is 5.73 Å². The normalized spacial score (nSPS) is 33.9. The van der Waals surface area contributed by atoms with Crippen molar-refractivity contribution in [3.05, 3.63) is 0 Å². The second-order valence-electron chi connectivity index (χ2n) is 7.71. The molecule has 2 saturated carbocycles. The molecule has 0 heterocycles. The molecule has 0 radical (unpaired) electrons. The van der Waals surface area contributed by atoms with Crippen molar-refractivity contribution in [2.75, 3.05) is 13.6 Å². The number of nitrogens with zero attached hydrogens (tertiary/aromatic N) is 1. The molecule has 2 nitrogen and oxygen atoms in total. The van der Waals surface area contributed by atoms with Crippen LogP contribution in [0.2, 0.25) is 0 Å². The van der Waals surface area contributed by atoms with Crippen LogP contribution in [0.3, 0.4) is 0 Å². The molecule has 0 aromatic heterocycles. The summed E-state index contributed by atoms with van der Waals surface area (Å²) in [4.78, 5) is 2.64. The van der Waals surface area contributed by atoms with E-state index < -0.39 is 0 Å². The Hall–Kier alpha value is -0.0800. The van der Waals surface area contributed by atoms with E-state index in [1.165, 1.54) is 44.9 Å². The Balaban J connectivity index is 2.02. The molecule has 0 amide bonds. The molecule has 2 fully saturated rings. The maximum atomic E-state index is 6.25. The molecule has 2 aliphatic rings. The van der Waals surface area contributed by atoms with E-state index in [0.717, 1.165) is 24.3 Å². The number of nitrogens with two attached hydrogens (primary N) is 1. The van der Waals surface area contributed by atoms with Crippen molar-refractivity contribution in [3.8, 4) is 0 Å². The summed E-state index contributed by atoms with van der Waals surface area (Å²) in [6.07, 6.45) is 9.76. The van der Waals surface area contributed by atoms with E-state index in [1.807, 2.05) is 0 Å². The van der Waals surface area contributed by atoms with Crippen molar-refractivity contribution in [2.24, 2.45) is 23.5 Å². The maximum Gasteiger partial charge on any atom is 0.0334 e. The summed E-state index contributed by atoms with van der Waals surface area (Å²) in [6.45, 7) is 7.88. The molecule has 0 aromatic carbocycles. The fraction of sp³-hybridized carbons (Fsp3) is 1.00. The smallest absolute Gasteiger partial charge is 0.0334 e. The summed E-state index contributed by atoms with van der Waals surface area (Å²) >= 11 is 0. The van der Waals surface area contributed by atoms with Gasteiger partial charge in [0.1, 0.15) is 0 Å². The molecule has 2 rings (SSSR count). The fourth-order valence-electron chi connectivity index (χ4n) is 4.31. The lowest BCUT2D eigenvalue weighted by Gasteiger charge is -2.49. The zero-order valence-electron chi connectivity index (χ0n) is 13.5. The van der Waals surface area contributed by atoms with Gasteiger partial charge in [0.05, 0.1) is 0 Å². The lowest BCUT2D eigenvalue weighted by molar-refractivity contribution is 0.0189. The highest BCUT2D eigenvalue weighted by Gasteiger charge is 2.44. The van der Waals surface area contributed by atoms with Crippen LogP contribution >= 0.6 is 0 Å². The topological polar surface area (TPSA) is 29.3 Å². The first-order valence-electron chi connectivity index (χ1n) is 8.41. The van der Waals surface area contributed by atoms with Crippen molar-refractivity contribution < 1.29 is 0 Å². The van der Waals surface area contributed by atoms with Crippen LogP contribution in [0.25, 0.3) is 0 Å². The SMILES string of the molecule is CC(C)CC(C)N(C)C1(CN)CCCC(C2CC2)C1. The molecule has 0 spiro atoms. The molecular weight excluding hydrogens is 232 g/mol. The minimum absolute atomic E-state index is 0.291. The van der Waals surface area contributed by atoms with Gasteiger partial charge in [-0.3, -0.25) is 4.90 Å². The first kappa shape index (κ1) is 15.3. The Bertz CT molecular complexity index is 285. The first-order chi connectivity index (χ1) is 8.98. The van der Waals surface area contributed by atoms with E-state index in [9.17, 15) is 0 Å². The zero-order chi connectivity index (χ0) is 14.0. The van der Waals surface area contributed by atoms with Crippen molar-refractivity contribution in [2.45, 2.75) is 77.3 Å². The predicted octanol–water partition coefficient (Wildman–Crippen LogP) is 3.65. The fourth-order valence-corrected chi connectivity index (χ4v) is 4.31. The van der Waals surface area contributed by atoms with Crippen LogP contribution in [0.4, 0.5) is 0 Å². The van der Waals surface area contributed by atoms with Crippen molar-refractivity contribution in [1.82, 2.24) is 4.90 Å². The molecule has 2 aliphatic carbocycles.